The SMILES string of the molecule is COCC1(CNC(=O)C2(c3cccc(OC)c3)CCCC2)CCNCC1. The maximum Gasteiger partial charge on any atom is 0.230 e. The van der Waals surface area contributed by atoms with Crippen molar-refractivity contribution in [2.75, 3.05) is 40.5 Å². The van der Waals surface area contributed by atoms with Gasteiger partial charge in [-0.1, -0.05) is 25.0 Å². The molecule has 0 unspecified atom stereocenters. The van der Waals surface area contributed by atoms with Crippen LogP contribution in [0, 0.1) is 5.41 Å². The molecule has 0 bridgehead atoms. The van der Waals surface area contributed by atoms with E-state index in [0.717, 1.165) is 62.9 Å². The Morgan fingerprint density at radius 1 is 1.15 bits per heavy atom. The molecule has 0 atom stereocenters. The van der Waals surface area contributed by atoms with E-state index in [-0.39, 0.29) is 11.3 Å². The highest BCUT2D eigenvalue weighted by atomic mass is 16.5. The molecule has 1 aliphatic carbocycles. The number of hydrogen-bond acceptors (Lipinski definition) is 4. The zero-order chi connectivity index (χ0) is 18.5. The van der Waals surface area contributed by atoms with Gasteiger partial charge in [0.25, 0.3) is 0 Å². The van der Waals surface area contributed by atoms with Crippen molar-refractivity contribution in [3.63, 3.8) is 0 Å². The lowest BCUT2D eigenvalue weighted by Crippen LogP contribution is -2.51. The number of hydrogen-bond donors (Lipinski definition) is 2. The van der Waals surface area contributed by atoms with E-state index in [1.807, 2.05) is 18.2 Å². The molecule has 2 aliphatic rings. The average molecular weight is 360 g/mol. The first-order chi connectivity index (χ1) is 12.6. The molecule has 0 spiro atoms. The van der Waals surface area contributed by atoms with Crippen LogP contribution < -0.4 is 15.4 Å². The first-order valence-electron chi connectivity index (χ1n) is 9.77. The Kier molecular flexibility index (Phi) is 6.20. The highest BCUT2D eigenvalue weighted by Crippen LogP contribution is 2.42. The summed E-state index contributed by atoms with van der Waals surface area (Å²) in [6, 6.07) is 8.02. The zero-order valence-corrected chi connectivity index (χ0v) is 16.1. The summed E-state index contributed by atoms with van der Waals surface area (Å²) in [4.78, 5) is 13.3. The van der Waals surface area contributed by atoms with Crippen molar-refractivity contribution < 1.29 is 14.3 Å². The van der Waals surface area contributed by atoms with E-state index in [1.54, 1.807) is 14.2 Å². The van der Waals surface area contributed by atoms with Crippen molar-refractivity contribution in [1.29, 1.82) is 0 Å². The summed E-state index contributed by atoms with van der Waals surface area (Å²) >= 11 is 0. The molecule has 26 heavy (non-hydrogen) atoms. The Morgan fingerprint density at radius 2 is 1.88 bits per heavy atom. The van der Waals surface area contributed by atoms with Gasteiger partial charge in [-0.3, -0.25) is 4.79 Å². The molecule has 1 aromatic carbocycles. The van der Waals surface area contributed by atoms with Gasteiger partial charge in [0.2, 0.25) is 5.91 Å². The van der Waals surface area contributed by atoms with E-state index in [1.165, 1.54) is 0 Å². The molecule has 1 amide bonds. The minimum Gasteiger partial charge on any atom is -0.497 e. The fourth-order valence-corrected chi connectivity index (χ4v) is 4.62. The lowest BCUT2D eigenvalue weighted by atomic mass is 9.76. The van der Waals surface area contributed by atoms with Crippen LogP contribution in [0.1, 0.15) is 44.1 Å². The van der Waals surface area contributed by atoms with Gasteiger partial charge in [-0.15, -0.1) is 0 Å². The molecular weight excluding hydrogens is 328 g/mol. The summed E-state index contributed by atoms with van der Waals surface area (Å²) in [6.45, 7) is 3.36. The van der Waals surface area contributed by atoms with E-state index >= 15 is 0 Å². The van der Waals surface area contributed by atoms with Gasteiger partial charge in [-0.2, -0.15) is 0 Å². The second-order valence-electron chi connectivity index (χ2n) is 7.89. The summed E-state index contributed by atoms with van der Waals surface area (Å²) in [6.07, 6.45) is 6.08. The standard InChI is InChI=1S/C21H32N2O3/c1-25-16-20(10-12-22-13-11-20)15-23-19(24)21(8-3-4-9-21)17-6-5-7-18(14-17)26-2/h5-7,14,22H,3-4,8-13,15-16H2,1-2H3,(H,23,24). The fourth-order valence-electron chi connectivity index (χ4n) is 4.62. The summed E-state index contributed by atoms with van der Waals surface area (Å²) in [5.74, 6) is 0.980. The van der Waals surface area contributed by atoms with Gasteiger partial charge in [-0.05, 0) is 56.5 Å². The monoisotopic (exact) mass is 360 g/mol. The molecular formula is C21H32N2O3. The number of benzene rings is 1. The summed E-state index contributed by atoms with van der Waals surface area (Å²) in [5, 5.41) is 6.71. The predicted octanol–water partition coefficient (Wildman–Crippen LogP) is 2.64. The molecule has 1 aliphatic heterocycles. The number of methoxy groups -OCH3 is 2. The van der Waals surface area contributed by atoms with Crippen LogP contribution in [0.5, 0.6) is 5.75 Å². The highest BCUT2D eigenvalue weighted by molar-refractivity contribution is 5.88. The Labute approximate surface area is 156 Å². The van der Waals surface area contributed by atoms with Gasteiger partial charge in [0.05, 0.1) is 19.1 Å². The molecule has 144 valence electrons. The van der Waals surface area contributed by atoms with E-state index < -0.39 is 5.41 Å². The molecule has 1 aromatic rings. The van der Waals surface area contributed by atoms with Crippen molar-refractivity contribution in [2.45, 2.75) is 43.9 Å². The first kappa shape index (κ1) is 19.2. The van der Waals surface area contributed by atoms with Gasteiger partial charge in [0.15, 0.2) is 0 Å². The summed E-state index contributed by atoms with van der Waals surface area (Å²) < 4.78 is 10.9. The van der Waals surface area contributed by atoms with Crippen LogP contribution >= 0.6 is 0 Å². The number of ether oxygens (including phenoxy) is 2. The third kappa shape index (κ3) is 3.89. The van der Waals surface area contributed by atoms with Gasteiger partial charge in [0, 0.05) is 19.1 Å². The number of piperidine rings is 1. The van der Waals surface area contributed by atoms with E-state index in [9.17, 15) is 4.79 Å². The second kappa shape index (κ2) is 8.40. The van der Waals surface area contributed by atoms with Crippen LogP contribution in [0.15, 0.2) is 24.3 Å². The summed E-state index contributed by atoms with van der Waals surface area (Å²) in [5.41, 5.74) is 0.706. The van der Waals surface area contributed by atoms with Gasteiger partial charge >= 0.3 is 0 Å². The normalized spacial score (nSPS) is 21.3. The Morgan fingerprint density at radius 3 is 2.54 bits per heavy atom. The van der Waals surface area contributed by atoms with Crippen molar-refractivity contribution in [2.24, 2.45) is 5.41 Å². The molecule has 3 rings (SSSR count). The minimum absolute atomic E-state index is 0.0455. The smallest absolute Gasteiger partial charge is 0.230 e. The van der Waals surface area contributed by atoms with Crippen molar-refractivity contribution in [1.82, 2.24) is 10.6 Å². The second-order valence-corrected chi connectivity index (χ2v) is 7.89. The lowest BCUT2D eigenvalue weighted by Gasteiger charge is -2.38. The van der Waals surface area contributed by atoms with Crippen LogP contribution in [0.4, 0.5) is 0 Å². The minimum atomic E-state index is -0.421. The molecule has 5 nitrogen and oxygen atoms in total. The highest BCUT2D eigenvalue weighted by Gasteiger charge is 2.44. The number of carbonyl (C=O) groups excluding carboxylic acids is 1. The third-order valence-corrected chi connectivity index (χ3v) is 6.25. The van der Waals surface area contributed by atoms with Gasteiger partial charge in [-0.25, -0.2) is 0 Å². The van der Waals surface area contributed by atoms with Crippen molar-refractivity contribution in [3.05, 3.63) is 29.8 Å². The summed E-state index contributed by atoms with van der Waals surface area (Å²) in [7, 11) is 3.42. The molecule has 0 radical (unpaired) electrons. The van der Waals surface area contributed by atoms with Crippen LogP contribution in [-0.2, 0) is 14.9 Å². The Balaban J connectivity index is 1.76. The average Bonchev–Trinajstić information content (AvgIpc) is 3.18. The van der Waals surface area contributed by atoms with E-state index in [0.29, 0.717) is 13.2 Å². The predicted molar refractivity (Wildman–Crippen MR) is 103 cm³/mol. The number of nitrogens with one attached hydrogen (secondary N) is 2. The molecule has 0 aromatic heterocycles. The largest absolute Gasteiger partial charge is 0.497 e. The molecule has 5 heteroatoms. The molecule has 2 N–H and O–H groups in total. The third-order valence-electron chi connectivity index (χ3n) is 6.25. The van der Waals surface area contributed by atoms with Crippen LogP contribution in [-0.4, -0.2) is 46.4 Å². The van der Waals surface area contributed by atoms with E-state index in [4.69, 9.17) is 9.47 Å². The lowest BCUT2D eigenvalue weighted by molar-refractivity contribution is -0.127. The van der Waals surface area contributed by atoms with Crippen LogP contribution in [0.3, 0.4) is 0 Å². The van der Waals surface area contributed by atoms with Gasteiger partial charge in [0.1, 0.15) is 5.75 Å². The molecule has 2 fully saturated rings. The maximum absolute atomic E-state index is 13.3. The van der Waals surface area contributed by atoms with E-state index in [2.05, 4.69) is 16.7 Å². The number of carbonyl (C=O) groups is 1. The maximum atomic E-state index is 13.3. The number of amides is 1. The van der Waals surface area contributed by atoms with Crippen molar-refractivity contribution >= 4 is 5.91 Å². The van der Waals surface area contributed by atoms with Crippen LogP contribution in [0.2, 0.25) is 0 Å². The van der Waals surface area contributed by atoms with Crippen LogP contribution in [0.25, 0.3) is 0 Å². The molecule has 1 saturated carbocycles. The first-order valence-corrected chi connectivity index (χ1v) is 9.77. The quantitative estimate of drug-likeness (QED) is 0.785. The molecule has 1 heterocycles. The number of rotatable bonds is 7. The van der Waals surface area contributed by atoms with Gasteiger partial charge < -0.3 is 20.1 Å². The fraction of sp³-hybridized carbons (Fsp3) is 0.667. The zero-order valence-electron chi connectivity index (χ0n) is 16.1. The Bertz CT molecular complexity index is 600. The van der Waals surface area contributed by atoms with Crippen molar-refractivity contribution in [3.8, 4) is 5.75 Å². The topological polar surface area (TPSA) is 59.6 Å². The molecule has 1 saturated heterocycles. The Hall–Kier alpha value is -1.59.